The van der Waals surface area contributed by atoms with E-state index in [0.717, 1.165) is 25.8 Å². The van der Waals surface area contributed by atoms with Crippen LogP contribution in [-0.4, -0.2) is 41.2 Å². The molecule has 0 bridgehead atoms. The minimum atomic E-state index is 0.381. The van der Waals surface area contributed by atoms with Crippen LogP contribution in [0.1, 0.15) is 47.0 Å². The number of anilines is 2. The van der Waals surface area contributed by atoms with Crippen molar-refractivity contribution in [3.8, 4) is 6.01 Å². The van der Waals surface area contributed by atoms with E-state index in [1.54, 1.807) is 0 Å². The molecule has 0 radical (unpaired) electrons. The Hall–Kier alpha value is -1.59. The molecule has 0 aliphatic carbocycles. The van der Waals surface area contributed by atoms with E-state index < -0.39 is 0 Å². The van der Waals surface area contributed by atoms with E-state index in [-0.39, 0.29) is 0 Å². The zero-order valence-electron chi connectivity index (χ0n) is 13.3. The van der Waals surface area contributed by atoms with Gasteiger partial charge in [-0.3, -0.25) is 0 Å². The van der Waals surface area contributed by atoms with Gasteiger partial charge >= 0.3 is 6.01 Å². The maximum absolute atomic E-state index is 5.43. The number of hydrogen-bond donors (Lipinski definition) is 1. The molecule has 1 heterocycles. The molecule has 0 saturated carbocycles. The maximum Gasteiger partial charge on any atom is 0.323 e. The second-order valence-electron chi connectivity index (χ2n) is 4.85. The fraction of sp³-hybridized carbons (Fsp3) is 0.786. The molecule has 0 amide bonds. The molecule has 0 aliphatic heterocycles. The molecular weight excluding hydrogens is 254 g/mol. The van der Waals surface area contributed by atoms with Crippen LogP contribution in [0, 0.1) is 0 Å². The Bertz CT molecular complexity index is 399. The third-order valence-corrected chi connectivity index (χ3v) is 3.09. The Balaban J connectivity index is 2.94. The molecule has 0 saturated heterocycles. The van der Waals surface area contributed by atoms with Crippen molar-refractivity contribution in [2.75, 3.05) is 30.4 Å². The molecule has 6 heteroatoms. The van der Waals surface area contributed by atoms with Crippen LogP contribution in [-0.2, 0) is 0 Å². The highest BCUT2D eigenvalue weighted by molar-refractivity contribution is 5.38. The van der Waals surface area contributed by atoms with Crippen LogP contribution in [0.25, 0.3) is 0 Å². The zero-order valence-corrected chi connectivity index (χ0v) is 13.3. The summed E-state index contributed by atoms with van der Waals surface area (Å²) < 4.78 is 5.43. The van der Waals surface area contributed by atoms with Crippen molar-refractivity contribution in [1.29, 1.82) is 0 Å². The van der Waals surface area contributed by atoms with Crippen LogP contribution in [0.15, 0.2) is 0 Å². The minimum Gasteiger partial charge on any atom is -0.464 e. The number of aromatic nitrogens is 3. The summed E-state index contributed by atoms with van der Waals surface area (Å²) in [4.78, 5) is 15.2. The Morgan fingerprint density at radius 3 is 2.50 bits per heavy atom. The van der Waals surface area contributed by atoms with Crippen LogP contribution < -0.4 is 15.0 Å². The molecule has 20 heavy (non-hydrogen) atoms. The standard InChI is InChI=1S/C14H27N5O/c1-6-9-11(4)19(5)13-16-12(15-10-7-2)17-14(18-13)20-8-3/h11H,6-10H2,1-5H3,(H,15,16,17,18). The third kappa shape index (κ3) is 4.83. The van der Waals surface area contributed by atoms with Gasteiger partial charge in [-0.1, -0.05) is 20.3 Å². The zero-order chi connectivity index (χ0) is 15.0. The number of rotatable bonds is 9. The topological polar surface area (TPSA) is 63.2 Å². The van der Waals surface area contributed by atoms with Gasteiger partial charge in [-0.2, -0.15) is 15.0 Å². The monoisotopic (exact) mass is 281 g/mol. The quantitative estimate of drug-likeness (QED) is 0.751. The fourth-order valence-electron chi connectivity index (χ4n) is 1.82. The highest BCUT2D eigenvalue weighted by Gasteiger charge is 2.15. The van der Waals surface area contributed by atoms with Gasteiger partial charge in [0.1, 0.15) is 0 Å². The Labute approximate surface area is 122 Å². The molecular formula is C14H27N5O. The van der Waals surface area contributed by atoms with E-state index in [2.05, 4.69) is 45.9 Å². The van der Waals surface area contributed by atoms with E-state index in [4.69, 9.17) is 4.74 Å². The summed E-state index contributed by atoms with van der Waals surface area (Å²) in [6.07, 6.45) is 3.26. The predicted octanol–water partition coefficient (Wildman–Crippen LogP) is 2.72. The van der Waals surface area contributed by atoms with Crippen molar-refractivity contribution in [1.82, 2.24) is 15.0 Å². The molecule has 114 valence electrons. The second kappa shape index (κ2) is 8.55. The summed E-state index contributed by atoms with van der Waals surface area (Å²) in [7, 11) is 2.01. The van der Waals surface area contributed by atoms with E-state index in [1.807, 2.05) is 14.0 Å². The summed E-state index contributed by atoms with van der Waals surface area (Å²) in [6, 6.07) is 0.766. The summed E-state index contributed by atoms with van der Waals surface area (Å²) in [5.41, 5.74) is 0. The highest BCUT2D eigenvalue weighted by atomic mass is 16.5. The van der Waals surface area contributed by atoms with Crippen molar-refractivity contribution in [3.05, 3.63) is 0 Å². The Kier molecular flexibility index (Phi) is 7.04. The largest absolute Gasteiger partial charge is 0.464 e. The number of nitrogens with one attached hydrogen (secondary N) is 1. The predicted molar refractivity (Wildman–Crippen MR) is 82.5 cm³/mol. The summed E-state index contributed by atoms with van der Waals surface area (Å²) in [5.74, 6) is 1.24. The van der Waals surface area contributed by atoms with Gasteiger partial charge in [-0.25, -0.2) is 0 Å². The van der Waals surface area contributed by atoms with Gasteiger partial charge in [0.05, 0.1) is 6.61 Å². The first-order valence-corrected chi connectivity index (χ1v) is 7.47. The Morgan fingerprint density at radius 2 is 1.90 bits per heavy atom. The van der Waals surface area contributed by atoms with Crippen molar-refractivity contribution >= 4 is 11.9 Å². The van der Waals surface area contributed by atoms with E-state index in [1.165, 1.54) is 0 Å². The van der Waals surface area contributed by atoms with Gasteiger partial charge in [0.25, 0.3) is 0 Å². The van der Waals surface area contributed by atoms with Crippen molar-refractivity contribution in [2.24, 2.45) is 0 Å². The lowest BCUT2D eigenvalue weighted by Crippen LogP contribution is -2.30. The average molecular weight is 281 g/mol. The van der Waals surface area contributed by atoms with Gasteiger partial charge in [0.15, 0.2) is 0 Å². The highest BCUT2D eigenvalue weighted by Crippen LogP contribution is 2.17. The molecule has 1 N–H and O–H groups in total. The number of hydrogen-bond acceptors (Lipinski definition) is 6. The van der Waals surface area contributed by atoms with Crippen molar-refractivity contribution in [2.45, 2.75) is 53.0 Å². The van der Waals surface area contributed by atoms with Gasteiger partial charge in [-0.05, 0) is 26.7 Å². The first kappa shape index (κ1) is 16.5. The third-order valence-electron chi connectivity index (χ3n) is 3.09. The molecule has 0 spiro atoms. The van der Waals surface area contributed by atoms with E-state index in [9.17, 15) is 0 Å². The van der Waals surface area contributed by atoms with E-state index in [0.29, 0.717) is 30.6 Å². The normalized spacial score (nSPS) is 12.1. The first-order valence-electron chi connectivity index (χ1n) is 7.47. The molecule has 0 aromatic carbocycles. The lowest BCUT2D eigenvalue weighted by atomic mass is 10.2. The molecule has 1 atom stereocenters. The number of ether oxygens (including phenoxy) is 1. The van der Waals surface area contributed by atoms with Crippen LogP contribution in [0.3, 0.4) is 0 Å². The molecule has 1 aromatic rings. The van der Waals surface area contributed by atoms with Crippen LogP contribution in [0.2, 0.25) is 0 Å². The fourth-order valence-corrected chi connectivity index (χ4v) is 1.82. The van der Waals surface area contributed by atoms with Gasteiger partial charge in [-0.15, -0.1) is 0 Å². The van der Waals surface area contributed by atoms with E-state index >= 15 is 0 Å². The van der Waals surface area contributed by atoms with Crippen molar-refractivity contribution in [3.63, 3.8) is 0 Å². The molecule has 1 aromatic heterocycles. The first-order chi connectivity index (χ1) is 9.62. The summed E-state index contributed by atoms with van der Waals surface area (Å²) in [6.45, 7) is 9.76. The molecule has 0 aliphatic rings. The van der Waals surface area contributed by atoms with Gasteiger partial charge < -0.3 is 15.0 Å². The van der Waals surface area contributed by atoms with Crippen LogP contribution in [0.4, 0.5) is 11.9 Å². The lowest BCUT2D eigenvalue weighted by Gasteiger charge is -2.25. The average Bonchev–Trinajstić information content (AvgIpc) is 2.44. The lowest BCUT2D eigenvalue weighted by molar-refractivity contribution is 0.312. The van der Waals surface area contributed by atoms with Crippen LogP contribution >= 0.6 is 0 Å². The van der Waals surface area contributed by atoms with Crippen molar-refractivity contribution < 1.29 is 4.74 Å². The maximum atomic E-state index is 5.43. The Morgan fingerprint density at radius 1 is 1.15 bits per heavy atom. The molecule has 6 nitrogen and oxygen atoms in total. The SMILES string of the molecule is CCCNc1nc(OCC)nc(N(C)C(C)CCC)n1. The summed E-state index contributed by atoms with van der Waals surface area (Å²) >= 11 is 0. The molecule has 0 fully saturated rings. The summed E-state index contributed by atoms with van der Waals surface area (Å²) in [5, 5.41) is 3.19. The molecule has 1 unspecified atom stereocenters. The van der Waals surface area contributed by atoms with Gasteiger partial charge in [0.2, 0.25) is 11.9 Å². The van der Waals surface area contributed by atoms with Gasteiger partial charge in [0, 0.05) is 19.6 Å². The smallest absolute Gasteiger partial charge is 0.323 e. The molecule has 1 rings (SSSR count). The number of nitrogens with zero attached hydrogens (tertiary/aromatic N) is 4. The second-order valence-corrected chi connectivity index (χ2v) is 4.85. The minimum absolute atomic E-state index is 0.381. The van der Waals surface area contributed by atoms with Crippen LogP contribution in [0.5, 0.6) is 6.01 Å².